The highest BCUT2D eigenvalue weighted by atomic mass is 15.0. The van der Waals surface area contributed by atoms with Gasteiger partial charge < -0.3 is 4.40 Å². The monoisotopic (exact) mass is 795 g/mol. The summed E-state index contributed by atoms with van der Waals surface area (Å²) in [6, 6.07) is 40.6. The van der Waals surface area contributed by atoms with Gasteiger partial charge >= 0.3 is 0 Å². The highest BCUT2D eigenvalue weighted by Gasteiger charge is 2.72. The molecular formula is C59H45N3. The number of hydrogen-bond donors (Lipinski definition) is 0. The number of aromatic nitrogens is 3. The van der Waals surface area contributed by atoms with Crippen LogP contribution >= 0.6 is 0 Å². The lowest BCUT2D eigenvalue weighted by molar-refractivity contribution is -0.146. The smallest absolute Gasteiger partial charge is 0.0728 e. The summed E-state index contributed by atoms with van der Waals surface area (Å²) in [5.74, 6) is 6.09. The second-order valence-corrected chi connectivity index (χ2v) is 22.0. The molecule has 0 N–H and O–H groups in total. The molecule has 9 aromatic rings. The van der Waals surface area contributed by atoms with E-state index in [1.54, 1.807) is 11.1 Å². The van der Waals surface area contributed by atoms with Gasteiger partial charge in [0.05, 0.1) is 34.4 Å². The van der Waals surface area contributed by atoms with Crippen LogP contribution in [0.5, 0.6) is 0 Å². The van der Waals surface area contributed by atoms with Crippen LogP contribution in [0.3, 0.4) is 0 Å². The highest BCUT2D eigenvalue weighted by molar-refractivity contribution is 6.26. The molecule has 3 heteroatoms. The predicted octanol–water partition coefficient (Wildman–Crippen LogP) is 14.0. The third-order valence-electron chi connectivity index (χ3n) is 20.0. The van der Waals surface area contributed by atoms with Crippen LogP contribution in [0.25, 0.3) is 71.5 Å². The first kappa shape index (κ1) is 32.0. The maximum Gasteiger partial charge on any atom is 0.0728 e. The van der Waals surface area contributed by atoms with Crippen LogP contribution < -0.4 is 0 Å². The molecule has 0 saturated heterocycles. The molecule has 19 rings (SSSR count). The van der Waals surface area contributed by atoms with Crippen LogP contribution in [0.4, 0.5) is 0 Å². The van der Waals surface area contributed by atoms with E-state index in [0.29, 0.717) is 29.1 Å². The zero-order chi connectivity index (χ0) is 39.5. The Bertz CT molecular complexity index is 3480. The molecule has 10 aliphatic carbocycles. The van der Waals surface area contributed by atoms with Crippen LogP contribution in [0, 0.1) is 29.1 Å². The fourth-order valence-corrected chi connectivity index (χ4v) is 18.2. The van der Waals surface area contributed by atoms with Crippen molar-refractivity contribution < 1.29 is 0 Å². The Labute approximate surface area is 360 Å². The molecule has 6 bridgehead atoms. The minimum absolute atomic E-state index is 0.358. The largest absolute Gasteiger partial charge is 0.305 e. The van der Waals surface area contributed by atoms with E-state index in [4.69, 9.17) is 9.97 Å². The fraction of sp³-hybridized carbons (Fsp3) is 0.322. The second kappa shape index (κ2) is 10.2. The summed E-state index contributed by atoms with van der Waals surface area (Å²) >= 11 is 0. The van der Waals surface area contributed by atoms with Gasteiger partial charge in [-0.2, -0.15) is 0 Å². The van der Waals surface area contributed by atoms with Crippen LogP contribution in [0.15, 0.2) is 116 Å². The molecule has 3 nitrogen and oxygen atoms in total. The minimum Gasteiger partial charge on any atom is -0.305 e. The van der Waals surface area contributed by atoms with E-state index in [-0.39, 0.29) is 5.41 Å². The summed E-state index contributed by atoms with van der Waals surface area (Å²) in [5.41, 5.74) is 24.3. The zero-order valence-corrected chi connectivity index (χ0v) is 34.8. The van der Waals surface area contributed by atoms with Crippen LogP contribution in [0.2, 0.25) is 0 Å². The molecule has 5 saturated carbocycles. The van der Waals surface area contributed by atoms with Crippen molar-refractivity contribution in [1.82, 2.24) is 14.4 Å². The zero-order valence-electron chi connectivity index (χ0n) is 34.8. The molecule has 7 unspecified atom stereocenters. The average Bonchev–Trinajstić information content (AvgIpc) is 4.07. The fourth-order valence-electron chi connectivity index (χ4n) is 18.2. The molecule has 5 aromatic carbocycles. The number of pyridine rings is 2. The maximum absolute atomic E-state index is 5.56. The molecular weight excluding hydrogens is 751 g/mol. The molecule has 62 heavy (non-hydrogen) atoms. The lowest BCUT2D eigenvalue weighted by Crippen LogP contribution is -2.59. The number of fused-ring (bicyclic) bond motifs is 21. The van der Waals surface area contributed by atoms with Gasteiger partial charge in [0, 0.05) is 44.8 Å². The van der Waals surface area contributed by atoms with E-state index in [1.165, 1.54) is 163 Å². The lowest BCUT2D eigenvalue weighted by Gasteiger charge is -2.68. The molecule has 0 amide bonds. The summed E-state index contributed by atoms with van der Waals surface area (Å²) < 4.78 is 2.67. The molecule has 7 atom stereocenters. The van der Waals surface area contributed by atoms with Crippen LogP contribution in [-0.4, -0.2) is 14.4 Å². The molecule has 4 aromatic heterocycles. The molecule has 0 aliphatic heterocycles. The van der Waals surface area contributed by atoms with Crippen LogP contribution in [-0.2, 0) is 5.41 Å². The van der Waals surface area contributed by atoms with Crippen molar-refractivity contribution in [2.45, 2.75) is 86.9 Å². The number of nitrogens with zero attached hydrogens (tertiary/aromatic N) is 3. The molecule has 5 fully saturated rings. The molecule has 296 valence electrons. The Morgan fingerprint density at radius 1 is 0.484 bits per heavy atom. The third kappa shape index (κ3) is 3.25. The summed E-state index contributed by atoms with van der Waals surface area (Å²) in [5, 5.41) is 5.96. The van der Waals surface area contributed by atoms with Crippen molar-refractivity contribution in [2.24, 2.45) is 29.1 Å². The second-order valence-electron chi connectivity index (χ2n) is 22.0. The van der Waals surface area contributed by atoms with Crippen molar-refractivity contribution in [3.8, 4) is 33.4 Å². The topological polar surface area (TPSA) is 30.2 Å². The van der Waals surface area contributed by atoms with E-state index in [1.807, 2.05) is 0 Å². The van der Waals surface area contributed by atoms with E-state index in [0.717, 1.165) is 23.7 Å². The third-order valence-corrected chi connectivity index (χ3v) is 20.0. The van der Waals surface area contributed by atoms with Gasteiger partial charge in [0.25, 0.3) is 0 Å². The van der Waals surface area contributed by atoms with Crippen molar-refractivity contribution >= 4 is 38.1 Å². The number of benzene rings is 5. The maximum atomic E-state index is 5.56. The predicted molar refractivity (Wildman–Crippen MR) is 247 cm³/mol. The Balaban J connectivity index is 0.960. The highest BCUT2D eigenvalue weighted by Crippen LogP contribution is 2.82. The lowest BCUT2D eigenvalue weighted by atomic mass is 9.36. The molecule has 0 radical (unpaired) electrons. The van der Waals surface area contributed by atoms with Gasteiger partial charge in [-0.05, 0) is 184 Å². The first-order valence-corrected chi connectivity index (χ1v) is 24.2. The minimum atomic E-state index is -0.358. The summed E-state index contributed by atoms with van der Waals surface area (Å²) in [6.07, 6.45) is 17.0. The SMILES string of the molecule is c1ccc2c(c1)-c1ccccc1C21c2ccccc2-c2ccc(-c3cc4c5c6c(ncc5n5c7cnc8c(c7c(c3)c45)C3CC4CC5CC8CC543)C3CC4CC(C3)CC6C4)cc21. The van der Waals surface area contributed by atoms with Crippen LogP contribution in [0.1, 0.15) is 126 Å². The Morgan fingerprint density at radius 2 is 1.06 bits per heavy atom. The van der Waals surface area contributed by atoms with Gasteiger partial charge in [0.15, 0.2) is 0 Å². The summed E-state index contributed by atoms with van der Waals surface area (Å²) in [7, 11) is 0. The van der Waals surface area contributed by atoms with Gasteiger partial charge in [-0.1, -0.05) is 84.9 Å². The van der Waals surface area contributed by atoms with Gasteiger partial charge in [-0.15, -0.1) is 0 Å². The van der Waals surface area contributed by atoms with Gasteiger partial charge in [0.1, 0.15) is 0 Å². The Kier molecular flexibility index (Phi) is 5.25. The Hall–Kier alpha value is -5.80. The first-order chi connectivity index (χ1) is 30.7. The Morgan fingerprint density at radius 3 is 1.73 bits per heavy atom. The quantitative estimate of drug-likeness (QED) is 0.166. The average molecular weight is 796 g/mol. The molecule has 4 heterocycles. The van der Waals surface area contributed by atoms with E-state index >= 15 is 0 Å². The van der Waals surface area contributed by atoms with Gasteiger partial charge in [0.2, 0.25) is 0 Å². The summed E-state index contributed by atoms with van der Waals surface area (Å²) in [4.78, 5) is 11.1. The van der Waals surface area contributed by atoms with Crippen molar-refractivity contribution in [2.75, 3.05) is 0 Å². The normalized spacial score (nSPS) is 31.2. The van der Waals surface area contributed by atoms with Crippen molar-refractivity contribution in [3.05, 3.63) is 160 Å². The van der Waals surface area contributed by atoms with E-state index in [2.05, 4.69) is 120 Å². The van der Waals surface area contributed by atoms with Gasteiger partial charge in [-0.25, -0.2) is 0 Å². The van der Waals surface area contributed by atoms with Gasteiger partial charge in [-0.3, -0.25) is 9.97 Å². The van der Waals surface area contributed by atoms with Crippen molar-refractivity contribution in [3.63, 3.8) is 0 Å². The molecule has 10 aliphatic rings. The first-order valence-electron chi connectivity index (χ1n) is 24.2. The standard InChI is InChI=1S/C59H45N3/c1-4-10-44-38(7-1)39-8-2-5-11-45(39)59(44)46-12-6-3-9-40(46)41-14-13-31(23-47(41)59)32-21-42-52-49(27-60-55-34-18-29-15-30(19-34)17-33(16-29)51(52)55)62-50-28-61-56-35-20-36-24-37-25-48(58(36,37)26-35)54(56)53(50)43(22-32)57(42)62/h1-14,21-23,27-30,33-37,48H,15-20,24-26H2. The summed E-state index contributed by atoms with van der Waals surface area (Å²) in [6.45, 7) is 0. The van der Waals surface area contributed by atoms with Crippen molar-refractivity contribution in [1.29, 1.82) is 0 Å². The van der Waals surface area contributed by atoms with E-state index < -0.39 is 0 Å². The molecule has 2 spiro atoms. The number of hydrogen-bond acceptors (Lipinski definition) is 2. The number of rotatable bonds is 1. The van der Waals surface area contributed by atoms with E-state index in [9.17, 15) is 0 Å².